The molecule has 150 valence electrons. The number of aryl methyl sites for hydroxylation is 1. The topological polar surface area (TPSA) is 94.8 Å². The lowest BCUT2D eigenvalue weighted by Gasteiger charge is -2.05. The SMILES string of the molecule is Cc1nc(COc2ccc(/C=C/C(=O)Nc3ccc(-n4cnnn4)cc3)cc2)cs1. The zero-order valence-corrected chi connectivity index (χ0v) is 16.9. The predicted molar refractivity (Wildman–Crippen MR) is 114 cm³/mol. The second kappa shape index (κ2) is 9.10. The Morgan fingerprint density at radius 1 is 1.17 bits per heavy atom. The van der Waals surface area contributed by atoms with Gasteiger partial charge in [-0.05, 0) is 65.4 Å². The first-order valence-corrected chi connectivity index (χ1v) is 10.00. The number of aromatic nitrogens is 5. The normalized spacial score (nSPS) is 11.0. The molecule has 0 spiro atoms. The first-order chi connectivity index (χ1) is 14.7. The summed E-state index contributed by atoms with van der Waals surface area (Å²) in [6.07, 6.45) is 4.74. The van der Waals surface area contributed by atoms with Crippen LogP contribution in [0, 0.1) is 6.92 Å². The van der Waals surface area contributed by atoms with E-state index in [0.29, 0.717) is 12.3 Å². The highest BCUT2D eigenvalue weighted by molar-refractivity contribution is 7.09. The number of thiazole rings is 1. The average molecular weight is 418 g/mol. The van der Waals surface area contributed by atoms with Crippen molar-refractivity contribution < 1.29 is 9.53 Å². The predicted octanol–water partition coefficient (Wildman–Crippen LogP) is 3.66. The Labute approximate surface area is 176 Å². The molecule has 0 radical (unpaired) electrons. The van der Waals surface area contributed by atoms with Crippen molar-refractivity contribution in [2.45, 2.75) is 13.5 Å². The molecule has 8 nitrogen and oxygen atoms in total. The molecule has 0 atom stereocenters. The maximum atomic E-state index is 12.2. The standard InChI is InChI=1S/C21H18N6O2S/c1-15-23-18(13-30-15)12-29-20-9-2-16(3-10-20)4-11-21(28)24-17-5-7-19(8-6-17)27-14-22-25-26-27/h2-11,13-14H,12H2,1H3,(H,24,28)/b11-4+. The summed E-state index contributed by atoms with van der Waals surface area (Å²) in [7, 11) is 0. The number of tetrazole rings is 1. The minimum absolute atomic E-state index is 0.218. The monoisotopic (exact) mass is 418 g/mol. The molecule has 0 saturated carbocycles. The van der Waals surface area contributed by atoms with Gasteiger partial charge in [0.25, 0.3) is 0 Å². The molecule has 4 aromatic rings. The molecular weight excluding hydrogens is 400 g/mol. The smallest absolute Gasteiger partial charge is 0.248 e. The number of rotatable bonds is 7. The third-order valence-electron chi connectivity index (χ3n) is 4.11. The average Bonchev–Trinajstić information content (AvgIpc) is 3.44. The minimum Gasteiger partial charge on any atom is -0.487 e. The van der Waals surface area contributed by atoms with Gasteiger partial charge in [0.05, 0.1) is 16.4 Å². The van der Waals surface area contributed by atoms with E-state index in [1.165, 1.54) is 17.1 Å². The fourth-order valence-electron chi connectivity index (χ4n) is 2.64. The van der Waals surface area contributed by atoms with Gasteiger partial charge in [0.1, 0.15) is 18.7 Å². The lowest BCUT2D eigenvalue weighted by Crippen LogP contribution is -2.07. The third-order valence-corrected chi connectivity index (χ3v) is 4.93. The van der Waals surface area contributed by atoms with Crippen LogP contribution in [0.1, 0.15) is 16.3 Å². The summed E-state index contributed by atoms with van der Waals surface area (Å²) in [5.74, 6) is 0.536. The Hall–Kier alpha value is -3.85. The number of ether oxygens (including phenoxy) is 1. The van der Waals surface area contributed by atoms with Crippen LogP contribution in [0.25, 0.3) is 11.8 Å². The molecule has 2 aromatic heterocycles. The van der Waals surface area contributed by atoms with Gasteiger partial charge in [0, 0.05) is 17.1 Å². The van der Waals surface area contributed by atoms with Gasteiger partial charge in [-0.25, -0.2) is 9.67 Å². The zero-order valence-electron chi connectivity index (χ0n) is 16.1. The highest BCUT2D eigenvalue weighted by Gasteiger charge is 2.02. The van der Waals surface area contributed by atoms with Crippen LogP contribution in [0.4, 0.5) is 5.69 Å². The number of anilines is 1. The van der Waals surface area contributed by atoms with Crippen LogP contribution in [0.3, 0.4) is 0 Å². The van der Waals surface area contributed by atoms with Crippen LogP contribution in [0.2, 0.25) is 0 Å². The lowest BCUT2D eigenvalue weighted by atomic mass is 10.2. The summed E-state index contributed by atoms with van der Waals surface area (Å²) in [5, 5.41) is 16.8. The van der Waals surface area contributed by atoms with E-state index in [9.17, 15) is 4.79 Å². The summed E-state index contributed by atoms with van der Waals surface area (Å²) in [4.78, 5) is 16.5. The highest BCUT2D eigenvalue weighted by atomic mass is 32.1. The van der Waals surface area contributed by atoms with Crippen LogP contribution in [-0.4, -0.2) is 31.1 Å². The van der Waals surface area contributed by atoms with Crippen molar-refractivity contribution in [1.29, 1.82) is 0 Å². The minimum atomic E-state index is -0.218. The van der Waals surface area contributed by atoms with E-state index in [4.69, 9.17) is 4.74 Å². The van der Waals surface area contributed by atoms with Gasteiger partial charge >= 0.3 is 0 Å². The number of carbonyl (C=O) groups is 1. The third kappa shape index (κ3) is 5.15. The molecule has 0 bridgehead atoms. The van der Waals surface area contributed by atoms with Gasteiger partial charge < -0.3 is 10.1 Å². The zero-order chi connectivity index (χ0) is 20.8. The van der Waals surface area contributed by atoms with Crippen molar-refractivity contribution in [3.63, 3.8) is 0 Å². The van der Waals surface area contributed by atoms with Crippen molar-refractivity contribution >= 4 is 29.0 Å². The maximum Gasteiger partial charge on any atom is 0.248 e. The van der Waals surface area contributed by atoms with Crippen LogP contribution in [-0.2, 0) is 11.4 Å². The summed E-state index contributed by atoms with van der Waals surface area (Å²) in [6.45, 7) is 2.41. The molecule has 0 unspecified atom stereocenters. The van der Waals surface area contributed by atoms with E-state index in [-0.39, 0.29) is 5.91 Å². The number of hydrogen-bond donors (Lipinski definition) is 1. The van der Waals surface area contributed by atoms with E-state index < -0.39 is 0 Å². The second-order valence-corrected chi connectivity index (χ2v) is 7.40. The fourth-order valence-corrected chi connectivity index (χ4v) is 3.24. The summed E-state index contributed by atoms with van der Waals surface area (Å²) >= 11 is 1.60. The first-order valence-electron chi connectivity index (χ1n) is 9.12. The highest BCUT2D eigenvalue weighted by Crippen LogP contribution is 2.16. The fraction of sp³-hybridized carbons (Fsp3) is 0.0952. The Morgan fingerprint density at radius 2 is 1.97 bits per heavy atom. The molecule has 4 rings (SSSR count). The quantitative estimate of drug-likeness (QED) is 0.460. The molecule has 1 N–H and O–H groups in total. The molecule has 0 aliphatic carbocycles. The van der Waals surface area contributed by atoms with Crippen molar-refractivity contribution in [1.82, 2.24) is 25.2 Å². The molecule has 0 aliphatic rings. The van der Waals surface area contributed by atoms with Crippen LogP contribution in [0.5, 0.6) is 5.75 Å². The number of nitrogens with one attached hydrogen (secondary N) is 1. The lowest BCUT2D eigenvalue weighted by molar-refractivity contribution is -0.111. The van der Waals surface area contributed by atoms with E-state index in [0.717, 1.165) is 27.7 Å². The summed E-state index contributed by atoms with van der Waals surface area (Å²) < 4.78 is 7.27. The maximum absolute atomic E-state index is 12.2. The largest absolute Gasteiger partial charge is 0.487 e. The first kappa shape index (κ1) is 19.5. The molecular formula is C21H18N6O2S. The Kier molecular flexibility index (Phi) is 5.90. The van der Waals surface area contributed by atoms with E-state index in [2.05, 4.69) is 25.8 Å². The molecule has 2 heterocycles. The van der Waals surface area contributed by atoms with Gasteiger partial charge in [-0.1, -0.05) is 12.1 Å². The Bertz CT molecular complexity index is 1140. The van der Waals surface area contributed by atoms with Gasteiger partial charge in [0.15, 0.2) is 0 Å². The van der Waals surface area contributed by atoms with Gasteiger partial charge in [-0.15, -0.1) is 16.4 Å². The van der Waals surface area contributed by atoms with Crippen LogP contribution >= 0.6 is 11.3 Å². The van der Waals surface area contributed by atoms with Crippen molar-refractivity contribution in [2.75, 3.05) is 5.32 Å². The summed E-state index contributed by atoms with van der Waals surface area (Å²) in [5.41, 5.74) is 3.31. The van der Waals surface area contributed by atoms with Crippen LogP contribution in [0.15, 0.2) is 66.3 Å². The molecule has 30 heavy (non-hydrogen) atoms. The molecule has 9 heteroatoms. The number of carbonyl (C=O) groups excluding carboxylic acids is 1. The Balaban J connectivity index is 1.29. The van der Waals surface area contributed by atoms with E-state index >= 15 is 0 Å². The second-order valence-electron chi connectivity index (χ2n) is 6.34. The number of hydrogen-bond acceptors (Lipinski definition) is 7. The summed E-state index contributed by atoms with van der Waals surface area (Å²) in [6, 6.07) is 14.8. The molecule has 0 fully saturated rings. The van der Waals surface area contributed by atoms with Crippen molar-refractivity contribution in [3.05, 3.63) is 82.6 Å². The van der Waals surface area contributed by atoms with E-state index in [1.54, 1.807) is 29.5 Å². The van der Waals surface area contributed by atoms with Gasteiger partial charge in [-0.3, -0.25) is 4.79 Å². The molecule has 0 aliphatic heterocycles. The van der Waals surface area contributed by atoms with Crippen molar-refractivity contribution in [3.8, 4) is 11.4 Å². The van der Waals surface area contributed by atoms with E-state index in [1.807, 2.05) is 48.7 Å². The molecule has 0 saturated heterocycles. The Morgan fingerprint density at radius 3 is 2.63 bits per heavy atom. The number of benzene rings is 2. The van der Waals surface area contributed by atoms with Crippen LogP contribution < -0.4 is 10.1 Å². The number of amides is 1. The van der Waals surface area contributed by atoms with Gasteiger partial charge in [0.2, 0.25) is 5.91 Å². The number of nitrogens with zero attached hydrogens (tertiary/aromatic N) is 5. The molecule has 1 amide bonds. The molecule has 2 aromatic carbocycles. The van der Waals surface area contributed by atoms with Gasteiger partial charge in [-0.2, -0.15) is 0 Å². The van der Waals surface area contributed by atoms with Crippen molar-refractivity contribution in [2.24, 2.45) is 0 Å².